The molecule has 1 aromatic heterocycles. The van der Waals surface area contributed by atoms with Gasteiger partial charge in [0.05, 0.1) is 21.8 Å². The van der Waals surface area contributed by atoms with Gasteiger partial charge < -0.3 is 9.40 Å². The molecular formula is C29H22N2O4S. The molecule has 0 saturated heterocycles. The van der Waals surface area contributed by atoms with Crippen LogP contribution in [0, 0.1) is 0 Å². The summed E-state index contributed by atoms with van der Waals surface area (Å²) in [4.78, 5) is 30.0. The highest BCUT2D eigenvalue weighted by molar-refractivity contribution is 7.85. The number of fused-ring (bicyclic) bond motifs is 3. The molecule has 6 nitrogen and oxygen atoms in total. The standard InChI is InChI=1S/C29H22N2O4S/c1-19(30-35-20(2)32)29(33)21-12-17-28-26(18-21)25-10-6-7-11-27(25)31(28)22-13-15-24(16-14-22)36(34)23-8-4-3-5-9-23/h3-18H,1-2H3. The van der Waals surface area contributed by atoms with E-state index >= 15 is 0 Å². The average Bonchev–Trinajstić information content (AvgIpc) is 3.25. The smallest absolute Gasteiger partial charge is 0.318 e. The Labute approximate surface area is 210 Å². The number of Topliss-reactive ketones (excluding diaryl/α,β-unsaturated/α-hetero) is 1. The van der Waals surface area contributed by atoms with Crippen molar-refractivity contribution in [2.75, 3.05) is 0 Å². The third kappa shape index (κ3) is 4.36. The number of benzene rings is 4. The van der Waals surface area contributed by atoms with E-state index in [1.54, 1.807) is 6.07 Å². The van der Waals surface area contributed by atoms with Gasteiger partial charge in [0, 0.05) is 38.7 Å². The topological polar surface area (TPSA) is 77.7 Å². The van der Waals surface area contributed by atoms with Gasteiger partial charge in [0.25, 0.3) is 0 Å². The number of oxime groups is 1. The Hall–Kier alpha value is -4.36. The molecule has 0 aliphatic heterocycles. The number of para-hydroxylation sites is 1. The van der Waals surface area contributed by atoms with E-state index in [9.17, 15) is 13.8 Å². The van der Waals surface area contributed by atoms with E-state index in [0.717, 1.165) is 37.3 Å². The van der Waals surface area contributed by atoms with Crippen LogP contribution in [0.3, 0.4) is 0 Å². The van der Waals surface area contributed by atoms with Gasteiger partial charge in [-0.1, -0.05) is 41.6 Å². The largest absolute Gasteiger partial charge is 0.331 e. The number of hydrogen-bond donors (Lipinski definition) is 0. The minimum atomic E-state index is -1.26. The summed E-state index contributed by atoms with van der Waals surface area (Å²) in [6, 6.07) is 30.5. The predicted octanol–water partition coefficient (Wildman–Crippen LogP) is 6.07. The Kier molecular flexibility index (Phi) is 6.31. The highest BCUT2D eigenvalue weighted by Crippen LogP contribution is 2.33. The first-order valence-corrected chi connectivity index (χ1v) is 12.5. The van der Waals surface area contributed by atoms with Crippen LogP contribution in [0.15, 0.2) is 112 Å². The van der Waals surface area contributed by atoms with Crippen LogP contribution in [-0.2, 0) is 20.4 Å². The zero-order valence-corrected chi connectivity index (χ0v) is 20.5. The Balaban J connectivity index is 1.57. The molecule has 0 amide bonds. The molecule has 36 heavy (non-hydrogen) atoms. The quantitative estimate of drug-likeness (QED) is 0.124. The van der Waals surface area contributed by atoms with Crippen molar-refractivity contribution in [2.45, 2.75) is 23.6 Å². The van der Waals surface area contributed by atoms with E-state index in [1.807, 2.05) is 91.0 Å². The summed E-state index contributed by atoms with van der Waals surface area (Å²) in [5.41, 5.74) is 3.38. The summed E-state index contributed by atoms with van der Waals surface area (Å²) < 4.78 is 15.1. The molecule has 1 atom stereocenters. The summed E-state index contributed by atoms with van der Waals surface area (Å²) in [6.07, 6.45) is 0. The fourth-order valence-electron chi connectivity index (χ4n) is 4.17. The second kappa shape index (κ2) is 9.71. The van der Waals surface area contributed by atoms with Gasteiger partial charge >= 0.3 is 5.97 Å². The van der Waals surface area contributed by atoms with Crippen LogP contribution in [0.5, 0.6) is 0 Å². The van der Waals surface area contributed by atoms with Gasteiger partial charge in [0.15, 0.2) is 0 Å². The van der Waals surface area contributed by atoms with Crippen molar-refractivity contribution in [2.24, 2.45) is 5.16 Å². The van der Waals surface area contributed by atoms with Crippen molar-refractivity contribution in [1.29, 1.82) is 0 Å². The van der Waals surface area contributed by atoms with Gasteiger partial charge in [-0.25, -0.2) is 9.00 Å². The van der Waals surface area contributed by atoms with Crippen LogP contribution >= 0.6 is 0 Å². The van der Waals surface area contributed by atoms with Crippen LogP contribution in [0.4, 0.5) is 0 Å². The predicted molar refractivity (Wildman–Crippen MR) is 141 cm³/mol. The summed E-state index contributed by atoms with van der Waals surface area (Å²) in [7, 11) is -1.26. The maximum atomic E-state index is 12.9. The summed E-state index contributed by atoms with van der Waals surface area (Å²) in [5, 5.41) is 5.53. The number of carbonyl (C=O) groups is 2. The molecule has 0 aliphatic rings. The molecule has 4 aromatic carbocycles. The van der Waals surface area contributed by atoms with E-state index in [4.69, 9.17) is 0 Å². The van der Waals surface area contributed by atoms with Crippen molar-refractivity contribution in [1.82, 2.24) is 4.57 Å². The second-order valence-electron chi connectivity index (χ2n) is 8.25. The maximum absolute atomic E-state index is 12.9. The van der Waals surface area contributed by atoms with Gasteiger partial charge in [0.2, 0.25) is 5.78 Å². The fourth-order valence-corrected chi connectivity index (χ4v) is 5.23. The molecule has 1 unspecified atom stereocenters. The average molecular weight is 495 g/mol. The molecule has 1 heterocycles. The maximum Gasteiger partial charge on any atom is 0.331 e. The lowest BCUT2D eigenvalue weighted by atomic mass is 10.0. The molecule has 0 fully saturated rings. The molecule has 0 radical (unpaired) electrons. The van der Waals surface area contributed by atoms with E-state index < -0.39 is 16.8 Å². The van der Waals surface area contributed by atoms with Gasteiger partial charge in [-0.2, -0.15) is 0 Å². The van der Waals surface area contributed by atoms with E-state index in [0.29, 0.717) is 5.56 Å². The normalized spacial score (nSPS) is 12.6. The Morgan fingerprint density at radius 3 is 2.11 bits per heavy atom. The Morgan fingerprint density at radius 1 is 0.750 bits per heavy atom. The lowest BCUT2D eigenvalue weighted by Crippen LogP contribution is -2.11. The molecule has 0 N–H and O–H groups in total. The van der Waals surface area contributed by atoms with Gasteiger partial charge in [0.1, 0.15) is 5.71 Å². The monoisotopic (exact) mass is 494 g/mol. The molecule has 5 aromatic rings. The van der Waals surface area contributed by atoms with Crippen LogP contribution in [0.25, 0.3) is 27.5 Å². The molecule has 0 bridgehead atoms. The molecule has 7 heteroatoms. The first-order chi connectivity index (χ1) is 17.4. The summed E-state index contributed by atoms with van der Waals surface area (Å²) in [6.45, 7) is 2.74. The third-order valence-corrected chi connectivity index (χ3v) is 7.24. The zero-order valence-electron chi connectivity index (χ0n) is 19.7. The van der Waals surface area contributed by atoms with Crippen LogP contribution in [0.2, 0.25) is 0 Å². The van der Waals surface area contributed by atoms with E-state index in [2.05, 4.69) is 14.6 Å². The molecule has 0 saturated carbocycles. The Bertz CT molecular complexity index is 1670. The molecule has 0 spiro atoms. The molecule has 5 rings (SSSR count). The lowest BCUT2D eigenvalue weighted by Gasteiger charge is -2.09. The number of hydrogen-bond acceptors (Lipinski definition) is 5. The number of nitrogens with zero attached hydrogens (tertiary/aromatic N) is 2. The SMILES string of the molecule is CC(=O)ON=C(C)C(=O)c1ccc2c(c1)c1ccccc1n2-c1ccc(S(=O)c2ccccc2)cc1. The number of rotatable bonds is 6. The first kappa shape index (κ1) is 23.4. The third-order valence-electron chi connectivity index (χ3n) is 5.84. The van der Waals surface area contributed by atoms with Crippen LogP contribution in [-0.4, -0.2) is 26.2 Å². The van der Waals surface area contributed by atoms with Crippen molar-refractivity contribution in [3.05, 3.63) is 103 Å². The van der Waals surface area contributed by atoms with E-state index in [-0.39, 0.29) is 11.5 Å². The summed E-state index contributed by atoms with van der Waals surface area (Å²) in [5.74, 6) is -0.901. The second-order valence-corrected chi connectivity index (χ2v) is 9.73. The molecular weight excluding hydrogens is 472 g/mol. The highest BCUT2D eigenvalue weighted by atomic mass is 32.2. The van der Waals surface area contributed by atoms with Gasteiger partial charge in [-0.05, 0) is 67.6 Å². The van der Waals surface area contributed by atoms with Crippen molar-refractivity contribution in [3.63, 3.8) is 0 Å². The van der Waals surface area contributed by atoms with Crippen molar-refractivity contribution in [3.8, 4) is 5.69 Å². The number of aromatic nitrogens is 1. The minimum absolute atomic E-state index is 0.0929. The fraction of sp³-hybridized carbons (Fsp3) is 0.0690. The lowest BCUT2D eigenvalue weighted by molar-refractivity contribution is -0.140. The molecule has 0 aliphatic carbocycles. The van der Waals surface area contributed by atoms with Crippen LogP contribution in [0.1, 0.15) is 24.2 Å². The molecule has 178 valence electrons. The zero-order chi connectivity index (χ0) is 25.2. The van der Waals surface area contributed by atoms with Crippen molar-refractivity contribution >= 4 is 50.1 Å². The first-order valence-electron chi connectivity index (χ1n) is 11.3. The summed E-state index contributed by atoms with van der Waals surface area (Å²) >= 11 is 0. The van der Waals surface area contributed by atoms with E-state index in [1.165, 1.54) is 13.8 Å². The highest BCUT2D eigenvalue weighted by Gasteiger charge is 2.17. The number of carbonyl (C=O) groups excluding carboxylic acids is 2. The van der Waals surface area contributed by atoms with Gasteiger partial charge in [-0.15, -0.1) is 0 Å². The van der Waals surface area contributed by atoms with Crippen molar-refractivity contribution < 1.29 is 18.6 Å². The van der Waals surface area contributed by atoms with Gasteiger partial charge in [-0.3, -0.25) is 4.79 Å². The Morgan fingerprint density at radius 2 is 1.39 bits per heavy atom. The number of ketones is 1. The van der Waals surface area contributed by atoms with Crippen LogP contribution < -0.4 is 0 Å². The minimum Gasteiger partial charge on any atom is -0.318 e.